The molecule has 0 bridgehead atoms. The Morgan fingerprint density at radius 1 is 1.20 bits per heavy atom. The van der Waals surface area contributed by atoms with Crippen molar-refractivity contribution in [1.82, 2.24) is 19.0 Å². The maximum Gasteiger partial charge on any atom is 0.328 e. The van der Waals surface area contributed by atoms with Gasteiger partial charge in [-0.15, -0.1) is 0 Å². The molecule has 8 nitrogen and oxygen atoms in total. The van der Waals surface area contributed by atoms with Crippen LogP contribution in [0.5, 0.6) is 5.88 Å². The molecule has 1 aliphatic heterocycles. The Bertz CT molecular complexity index is 1220. The number of hydrogen-bond acceptors (Lipinski definition) is 6. The summed E-state index contributed by atoms with van der Waals surface area (Å²) < 4.78 is 15.0. The van der Waals surface area contributed by atoms with E-state index in [-0.39, 0.29) is 11.7 Å². The van der Waals surface area contributed by atoms with E-state index in [1.807, 2.05) is 63.1 Å². The number of hydrogen-bond donors (Lipinski definition) is 0. The third kappa shape index (κ3) is 5.39. The molecule has 0 radical (unpaired) electrons. The highest BCUT2D eigenvalue weighted by molar-refractivity contribution is 5.82. The molecule has 35 heavy (non-hydrogen) atoms. The highest BCUT2D eigenvalue weighted by Gasteiger charge is 2.26. The summed E-state index contributed by atoms with van der Waals surface area (Å²) in [4.78, 5) is 24.1. The van der Waals surface area contributed by atoms with E-state index >= 15 is 0 Å². The molecule has 1 aromatic carbocycles. The zero-order chi connectivity index (χ0) is 24.9. The first-order valence-corrected chi connectivity index (χ1v) is 12.1. The molecule has 0 unspecified atom stereocenters. The normalized spacial score (nSPS) is 14.4. The molecule has 2 aromatic heterocycles. The summed E-state index contributed by atoms with van der Waals surface area (Å²) in [6.45, 7) is 8.69. The van der Waals surface area contributed by atoms with Crippen LogP contribution in [0.4, 0.5) is 5.69 Å². The second-order valence-corrected chi connectivity index (χ2v) is 9.27. The van der Waals surface area contributed by atoms with Gasteiger partial charge in [0.25, 0.3) is 0 Å². The highest BCUT2D eigenvalue weighted by Crippen LogP contribution is 2.38. The Balaban J connectivity index is 1.68. The van der Waals surface area contributed by atoms with Crippen molar-refractivity contribution < 1.29 is 9.47 Å². The lowest BCUT2D eigenvalue weighted by Crippen LogP contribution is -2.30. The van der Waals surface area contributed by atoms with Crippen molar-refractivity contribution >= 4 is 12.4 Å². The molecular formula is C27H35N5O3. The number of pyridine rings is 1. The third-order valence-corrected chi connectivity index (χ3v) is 6.63. The van der Waals surface area contributed by atoms with Crippen LogP contribution in [0.2, 0.25) is 0 Å². The van der Waals surface area contributed by atoms with Gasteiger partial charge in [-0.3, -0.25) is 14.1 Å². The standard InChI is InChI=1S/C27H35N5O3/c1-19-26(32(27(33)31(19)5)22-11-15-34-16-12-22)23-17-20(7-9-24(23)28-2)21-8-10-25(29-18-21)35-14-6-13-30(3)4/h7-10,17-18,22H,2,6,11-16H2,1,3-5H3. The van der Waals surface area contributed by atoms with Crippen LogP contribution < -0.4 is 10.4 Å². The van der Waals surface area contributed by atoms with Crippen molar-refractivity contribution in [2.24, 2.45) is 12.0 Å². The van der Waals surface area contributed by atoms with Gasteiger partial charge in [-0.25, -0.2) is 9.78 Å². The van der Waals surface area contributed by atoms with E-state index in [9.17, 15) is 4.79 Å². The van der Waals surface area contributed by atoms with E-state index in [0.29, 0.717) is 25.7 Å². The van der Waals surface area contributed by atoms with Crippen LogP contribution in [0.15, 0.2) is 46.3 Å². The van der Waals surface area contributed by atoms with Gasteiger partial charge in [-0.1, -0.05) is 6.07 Å². The van der Waals surface area contributed by atoms with Crippen LogP contribution in [0, 0.1) is 6.92 Å². The molecule has 3 aromatic rings. The monoisotopic (exact) mass is 477 g/mol. The van der Waals surface area contributed by atoms with Gasteiger partial charge in [0.05, 0.1) is 18.0 Å². The van der Waals surface area contributed by atoms with Crippen molar-refractivity contribution in [3.05, 3.63) is 52.7 Å². The number of benzene rings is 1. The van der Waals surface area contributed by atoms with E-state index in [2.05, 4.69) is 27.7 Å². The molecule has 0 saturated carbocycles. The van der Waals surface area contributed by atoms with Crippen LogP contribution in [0.1, 0.15) is 31.0 Å². The molecule has 1 fully saturated rings. The van der Waals surface area contributed by atoms with Crippen molar-refractivity contribution in [3.63, 3.8) is 0 Å². The second-order valence-electron chi connectivity index (χ2n) is 9.27. The SMILES string of the molecule is C=Nc1ccc(-c2ccc(OCCCN(C)C)nc2)cc1-c1c(C)n(C)c(=O)n1C1CCOCC1. The molecular weight excluding hydrogens is 442 g/mol. The van der Waals surface area contributed by atoms with Crippen molar-refractivity contribution in [3.8, 4) is 28.3 Å². The quantitative estimate of drug-likeness (QED) is 0.340. The number of imidazole rings is 1. The first-order valence-electron chi connectivity index (χ1n) is 12.1. The maximum atomic E-state index is 13.2. The second kappa shape index (κ2) is 11.0. The molecule has 186 valence electrons. The Morgan fingerprint density at radius 3 is 2.60 bits per heavy atom. The first-order chi connectivity index (χ1) is 16.9. The molecule has 3 heterocycles. The summed E-state index contributed by atoms with van der Waals surface area (Å²) in [5, 5.41) is 0. The highest BCUT2D eigenvalue weighted by atomic mass is 16.5. The number of rotatable bonds is 9. The Hall–Kier alpha value is -3.23. The Morgan fingerprint density at radius 2 is 1.94 bits per heavy atom. The van der Waals surface area contributed by atoms with E-state index in [1.165, 1.54) is 0 Å². The number of aliphatic imine (C=N–C) groups is 1. The fraction of sp³-hybridized carbons (Fsp3) is 0.444. The van der Waals surface area contributed by atoms with Gasteiger partial charge in [-0.05, 0) is 70.8 Å². The topological polar surface area (TPSA) is 73.9 Å². The van der Waals surface area contributed by atoms with Crippen LogP contribution in [0.3, 0.4) is 0 Å². The van der Waals surface area contributed by atoms with Gasteiger partial charge in [0, 0.05) is 61.9 Å². The van der Waals surface area contributed by atoms with E-state index in [0.717, 1.165) is 59.6 Å². The summed E-state index contributed by atoms with van der Waals surface area (Å²) >= 11 is 0. The predicted molar refractivity (Wildman–Crippen MR) is 140 cm³/mol. The van der Waals surface area contributed by atoms with Crippen molar-refractivity contribution in [1.29, 1.82) is 0 Å². The molecule has 8 heteroatoms. The maximum absolute atomic E-state index is 13.2. The molecule has 1 aliphatic rings. The molecule has 1 saturated heterocycles. The molecule has 0 amide bonds. The van der Waals surface area contributed by atoms with Crippen LogP contribution >= 0.6 is 0 Å². The van der Waals surface area contributed by atoms with Crippen molar-refractivity contribution in [2.75, 3.05) is 40.5 Å². The van der Waals surface area contributed by atoms with Gasteiger partial charge in [0.15, 0.2) is 0 Å². The predicted octanol–water partition coefficient (Wildman–Crippen LogP) is 4.24. The average molecular weight is 478 g/mol. The Kier molecular flexibility index (Phi) is 7.83. The minimum atomic E-state index is -0.0118. The summed E-state index contributed by atoms with van der Waals surface area (Å²) in [5.74, 6) is 0.615. The fourth-order valence-electron chi connectivity index (χ4n) is 4.58. The summed E-state index contributed by atoms with van der Waals surface area (Å²) in [5.41, 5.74) is 5.39. The lowest BCUT2D eigenvalue weighted by molar-refractivity contribution is 0.0690. The average Bonchev–Trinajstić information content (AvgIpc) is 3.10. The molecule has 4 rings (SSSR count). The molecule has 0 atom stereocenters. The van der Waals surface area contributed by atoms with Crippen LogP contribution in [-0.4, -0.2) is 66.2 Å². The fourth-order valence-corrected chi connectivity index (χ4v) is 4.58. The zero-order valence-electron chi connectivity index (χ0n) is 21.2. The molecule has 0 aliphatic carbocycles. The summed E-state index contributed by atoms with van der Waals surface area (Å²) in [7, 11) is 5.92. The minimum absolute atomic E-state index is 0.0118. The smallest absolute Gasteiger partial charge is 0.328 e. The zero-order valence-corrected chi connectivity index (χ0v) is 21.2. The van der Waals surface area contributed by atoms with Gasteiger partial charge in [0.1, 0.15) is 0 Å². The van der Waals surface area contributed by atoms with Gasteiger partial charge in [0.2, 0.25) is 5.88 Å². The lowest BCUT2D eigenvalue weighted by atomic mass is 9.99. The lowest BCUT2D eigenvalue weighted by Gasteiger charge is -2.25. The molecule has 0 N–H and O–H groups in total. The first kappa shape index (κ1) is 24.9. The number of aromatic nitrogens is 3. The van der Waals surface area contributed by atoms with Crippen molar-refractivity contribution in [2.45, 2.75) is 32.2 Å². The van der Waals surface area contributed by atoms with Gasteiger partial charge < -0.3 is 14.4 Å². The van der Waals surface area contributed by atoms with Gasteiger partial charge in [-0.2, -0.15) is 0 Å². The Labute approximate surface area is 206 Å². The van der Waals surface area contributed by atoms with E-state index in [1.54, 1.807) is 4.57 Å². The number of nitrogens with zero attached hydrogens (tertiary/aromatic N) is 5. The van der Waals surface area contributed by atoms with E-state index < -0.39 is 0 Å². The minimum Gasteiger partial charge on any atom is -0.478 e. The summed E-state index contributed by atoms with van der Waals surface area (Å²) in [6, 6.07) is 10.0. The largest absolute Gasteiger partial charge is 0.478 e. The van der Waals surface area contributed by atoms with Gasteiger partial charge >= 0.3 is 5.69 Å². The summed E-state index contributed by atoms with van der Waals surface area (Å²) in [6.07, 6.45) is 4.39. The van der Waals surface area contributed by atoms with E-state index in [4.69, 9.17) is 9.47 Å². The van der Waals surface area contributed by atoms with Crippen LogP contribution in [-0.2, 0) is 11.8 Å². The van der Waals surface area contributed by atoms with Crippen LogP contribution in [0.25, 0.3) is 22.4 Å². The number of ether oxygens (including phenoxy) is 2. The third-order valence-electron chi connectivity index (χ3n) is 6.63. The molecule has 0 spiro atoms.